The van der Waals surface area contributed by atoms with Crippen LogP contribution in [0, 0.1) is 0 Å². The number of thiophene rings is 1. The number of thioether (sulfide) groups is 1. The van der Waals surface area contributed by atoms with E-state index in [9.17, 15) is 14.4 Å². The van der Waals surface area contributed by atoms with Gasteiger partial charge in [-0.3, -0.25) is 14.5 Å². The first kappa shape index (κ1) is 26.0. The number of carbonyl (C=O) groups is 3. The molecule has 1 aliphatic heterocycles. The number of carbonyl (C=O) groups excluding carboxylic acids is 3. The fourth-order valence-corrected chi connectivity index (χ4v) is 5.88. The molecule has 0 spiro atoms. The number of hydrogen-bond acceptors (Lipinski definition) is 8. The van der Waals surface area contributed by atoms with Crippen LogP contribution in [-0.2, 0) is 4.79 Å². The first-order valence-corrected chi connectivity index (χ1v) is 13.9. The molecule has 0 saturated carbocycles. The minimum absolute atomic E-state index is 0.121. The Morgan fingerprint density at radius 3 is 2.63 bits per heavy atom. The van der Waals surface area contributed by atoms with E-state index in [-0.39, 0.29) is 29.0 Å². The molecule has 0 radical (unpaired) electrons. The van der Waals surface area contributed by atoms with Gasteiger partial charge in [0.25, 0.3) is 11.1 Å². The second-order valence-corrected chi connectivity index (χ2v) is 10.9. The summed E-state index contributed by atoms with van der Waals surface area (Å²) in [6, 6.07) is 20.4. The van der Waals surface area contributed by atoms with Crippen LogP contribution in [0.15, 0.2) is 81.5 Å². The van der Waals surface area contributed by atoms with Crippen molar-refractivity contribution in [1.82, 2.24) is 4.90 Å². The highest BCUT2D eigenvalue weighted by Gasteiger charge is 2.35. The molecule has 4 aromatic rings. The molecule has 0 N–H and O–H groups in total. The topological polar surface area (TPSA) is 82.1 Å². The maximum Gasteiger partial charge on any atom is 0.353 e. The number of methoxy groups -OCH3 is 1. The Hall–Kier alpha value is -3.60. The zero-order valence-corrected chi connectivity index (χ0v) is 23.2. The van der Waals surface area contributed by atoms with Crippen LogP contribution in [0.3, 0.4) is 0 Å². The van der Waals surface area contributed by atoms with E-state index >= 15 is 0 Å². The number of nitrogens with zero attached hydrogens (tertiary/aromatic N) is 1. The molecule has 1 aliphatic rings. The van der Waals surface area contributed by atoms with Gasteiger partial charge in [0.1, 0.15) is 17.2 Å². The van der Waals surface area contributed by atoms with Gasteiger partial charge in [0.15, 0.2) is 11.5 Å². The normalized spacial score (nSPS) is 14.4. The first-order valence-electron chi connectivity index (χ1n) is 11.4. The van der Waals surface area contributed by atoms with Crippen LogP contribution in [0.5, 0.6) is 17.2 Å². The Labute approximate surface area is 235 Å². The quantitative estimate of drug-likeness (QED) is 0.121. The smallest absolute Gasteiger partial charge is 0.353 e. The third-order valence-corrected chi connectivity index (χ3v) is 8.01. The highest BCUT2D eigenvalue weighted by Crippen LogP contribution is 2.39. The number of benzene rings is 3. The highest BCUT2D eigenvalue weighted by molar-refractivity contribution is 9.10. The van der Waals surface area contributed by atoms with Gasteiger partial charge < -0.3 is 14.2 Å². The molecule has 2 heterocycles. The van der Waals surface area contributed by atoms with Gasteiger partial charge in [-0.25, -0.2) is 4.79 Å². The Morgan fingerprint density at radius 1 is 1.03 bits per heavy atom. The minimum Gasteiger partial charge on any atom is -0.493 e. The number of rotatable bonds is 8. The predicted molar refractivity (Wildman–Crippen MR) is 152 cm³/mol. The molecule has 0 atom stereocenters. The molecule has 0 bridgehead atoms. The molecule has 7 nitrogen and oxygen atoms in total. The van der Waals surface area contributed by atoms with E-state index in [4.69, 9.17) is 14.2 Å². The lowest BCUT2D eigenvalue weighted by atomic mass is 10.1. The summed E-state index contributed by atoms with van der Waals surface area (Å²) in [4.78, 5) is 39.9. The Kier molecular flexibility index (Phi) is 7.82. The number of imide groups is 1. The molecule has 192 valence electrons. The van der Waals surface area contributed by atoms with Crippen LogP contribution >= 0.6 is 39.0 Å². The molecule has 0 aliphatic carbocycles. The van der Waals surface area contributed by atoms with Crippen molar-refractivity contribution in [2.75, 3.05) is 20.3 Å². The summed E-state index contributed by atoms with van der Waals surface area (Å²) >= 11 is 5.56. The molecule has 38 heavy (non-hydrogen) atoms. The van der Waals surface area contributed by atoms with Crippen LogP contribution in [-0.4, -0.2) is 42.3 Å². The highest BCUT2D eigenvalue weighted by atomic mass is 79.9. The number of esters is 1. The Bertz CT molecular complexity index is 1560. The number of halogens is 1. The summed E-state index contributed by atoms with van der Waals surface area (Å²) in [6.45, 7) is 0.291. The molecule has 0 unspecified atom stereocenters. The van der Waals surface area contributed by atoms with E-state index in [1.807, 2.05) is 42.5 Å². The summed E-state index contributed by atoms with van der Waals surface area (Å²) < 4.78 is 17.3. The summed E-state index contributed by atoms with van der Waals surface area (Å²) in [6.07, 6.45) is 1.61. The van der Waals surface area contributed by atoms with Gasteiger partial charge in [-0.1, -0.05) is 42.5 Å². The Balaban J connectivity index is 1.28. The fourth-order valence-electron chi connectivity index (χ4n) is 3.87. The molecular weight excluding hydrogens is 590 g/mol. The van der Waals surface area contributed by atoms with Crippen molar-refractivity contribution in [2.24, 2.45) is 0 Å². The number of fused-ring (bicyclic) bond motifs is 1. The average molecular weight is 611 g/mol. The van der Waals surface area contributed by atoms with Crippen molar-refractivity contribution in [3.63, 3.8) is 0 Å². The van der Waals surface area contributed by atoms with E-state index in [0.29, 0.717) is 26.4 Å². The lowest BCUT2D eigenvalue weighted by molar-refractivity contribution is -0.123. The molecule has 10 heteroatoms. The van der Waals surface area contributed by atoms with Gasteiger partial charge in [0.05, 0.1) is 23.0 Å². The van der Waals surface area contributed by atoms with E-state index in [0.717, 1.165) is 22.5 Å². The zero-order chi connectivity index (χ0) is 26.6. The molecule has 1 saturated heterocycles. The molecular formula is C28H20BrNO6S2. The van der Waals surface area contributed by atoms with Crippen LogP contribution in [0.2, 0.25) is 0 Å². The zero-order valence-electron chi connectivity index (χ0n) is 20.0. The molecule has 1 fully saturated rings. The SMILES string of the molecule is COc1cc(/C=C2\SC(=O)N(CCOc3cccc4ccccc34)C2=O)cc(Br)c1OC(=O)c1cccs1. The van der Waals surface area contributed by atoms with Gasteiger partial charge in [-0.05, 0) is 74.4 Å². The fraction of sp³-hybridized carbons (Fsp3) is 0.107. The maximum absolute atomic E-state index is 13.0. The maximum atomic E-state index is 13.0. The van der Waals surface area contributed by atoms with Crippen molar-refractivity contribution in [3.8, 4) is 17.2 Å². The van der Waals surface area contributed by atoms with Crippen LogP contribution in [0.1, 0.15) is 15.2 Å². The van der Waals surface area contributed by atoms with Crippen molar-refractivity contribution in [3.05, 3.63) is 91.9 Å². The largest absolute Gasteiger partial charge is 0.493 e. The summed E-state index contributed by atoms with van der Waals surface area (Å²) in [7, 11) is 1.46. The van der Waals surface area contributed by atoms with E-state index in [1.54, 1.807) is 35.7 Å². The van der Waals surface area contributed by atoms with Crippen molar-refractivity contribution < 1.29 is 28.6 Å². The van der Waals surface area contributed by atoms with Gasteiger partial charge in [-0.15, -0.1) is 11.3 Å². The molecule has 5 rings (SSSR count). The standard InChI is InChI=1S/C28H20BrNO6S2/c1-34-22-15-17(14-20(29)25(22)36-27(32)23-10-5-13-37-23)16-24-26(31)30(28(33)38-24)11-12-35-21-9-4-7-18-6-2-3-8-19(18)21/h2-10,13-16H,11-12H2,1H3/b24-16-. The van der Waals surface area contributed by atoms with Gasteiger partial charge in [-0.2, -0.15) is 0 Å². The van der Waals surface area contributed by atoms with Crippen LogP contribution in [0.25, 0.3) is 16.8 Å². The van der Waals surface area contributed by atoms with Crippen LogP contribution < -0.4 is 14.2 Å². The minimum atomic E-state index is -0.501. The van der Waals surface area contributed by atoms with Gasteiger partial charge in [0, 0.05) is 5.39 Å². The predicted octanol–water partition coefficient (Wildman–Crippen LogP) is 7.01. The van der Waals surface area contributed by atoms with E-state index in [1.165, 1.54) is 23.3 Å². The van der Waals surface area contributed by atoms with Gasteiger partial charge in [0.2, 0.25) is 0 Å². The monoisotopic (exact) mass is 609 g/mol. The molecule has 1 aromatic heterocycles. The van der Waals surface area contributed by atoms with E-state index in [2.05, 4.69) is 15.9 Å². The average Bonchev–Trinajstić information content (AvgIpc) is 3.55. The van der Waals surface area contributed by atoms with Crippen molar-refractivity contribution >= 4 is 73.0 Å². The second-order valence-electron chi connectivity index (χ2n) is 8.06. The summed E-state index contributed by atoms with van der Waals surface area (Å²) in [5, 5.41) is 3.44. The first-order chi connectivity index (χ1) is 18.4. The van der Waals surface area contributed by atoms with Crippen molar-refractivity contribution in [2.45, 2.75) is 0 Å². The van der Waals surface area contributed by atoms with Crippen molar-refractivity contribution in [1.29, 1.82) is 0 Å². The summed E-state index contributed by atoms with van der Waals surface area (Å²) in [5.74, 6) is 0.325. The van der Waals surface area contributed by atoms with E-state index < -0.39 is 11.9 Å². The summed E-state index contributed by atoms with van der Waals surface area (Å²) in [5.41, 5.74) is 0.599. The number of ether oxygens (including phenoxy) is 3. The molecule has 2 amide bonds. The van der Waals surface area contributed by atoms with Gasteiger partial charge >= 0.3 is 5.97 Å². The number of amides is 2. The Morgan fingerprint density at radius 2 is 1.84 bits per heavy atom. The van der Waals surface area contributed by atoms with Crippen LogP contribution in [0.4, 0.5) is 4.79 Å². The third kappa shape index (κ3) is 5.47. The lowest BCUT2D eigenvalue weighted by Gasteiger charge is -2.14. The lowest BCUT2D eigenvalue weighted by Crippen LogP contribution is -2.32. The second kappa shape index (κ2) is 11.4. The third-order valence-electron chi connectivity index (χ3n) is 5.66. The number of hydrogen-bond donors (Lipinski definition) is 0. The molecule has 3 aromatic carbocycles.